The molecule has 2 aromatic heterocycles. The molecule has 5 nitrogen and oxygen atoms in total. The van der Waals surface area contributed by atoms with Gasteiger partial charge in [0.15, 0.2) is 5.13 Å². The maximum absolute atomic E-state index is 12.3. The molecule has 4 rings (SSSR count). The summed E-state index contributed by atoms with van der Waals surface area (Å²) in [5, 5.41) is 5.63. The topological polar surface area (TPSA) is 58.1 Å². The zero-order valence-corrected chi connectivity index (χ0v) is 14.5. The molecule has 1 amide bonds. The van der Waals surface area contributed by atoms with Crippen LogP contribution in [-0.4, -0.2) is 22.4 Å². The lowest BCUT2D eigenvalue weighted by Crippen LogP contribution is -2.30. The largest absolute Gasteiger partial charge is 0.347 e. The third-order valence-corrected chi connectivity index (χ3v) is 5.20. The summed E-state index contributed by atoms with van der Waals surface area (Å²) in [6.07, 6.45) is 4.48. The average molecular weight is 350 g/mol. The zero-order chi connectivity index (χ0) is 17.1. The minimum Gasteiger partial charge on any atom is -0.347 e. The number of rotatable bonds is 4. The predicted octanol–water partition coefficient (Wildman–Crippen LogP) is 3.03. The van der Waals surface area contributed by atoms with Crippen LogP contribution in [0.4, 0.5) is 5.13 Å². The Morgan fingerprint density at radius 1 is 1.20 bits per heavy atom. The Morgan fingerprint density at radius 3 is 2.92 bits per heavy atom. The summed E-state index contributed by atoms with van der Waals surface area (Å²) >= 11 is 1.52. The smallest absolute Gasteiger partial charge is 0.271 e. The Labute approximate surface area is 150 Å². The van der Waals surface area contributed by atoms with Gasteiger partial charge in [-0.15, -0.1) is 11.3 Å². The number of carbonyl (C=O) groups is 1. The third-order valence-electron chi connectivity index (χ3n) is 4.30. The lowest BCUT2D eigenvalue weighted by Gasteiger charge is -2.28. The van der Waals surface area contributed by atoms with Crippen molar-refractivity contribution in [3.8, 4) is 0 Å². The Balaban J connectivity index is 1.41. The zero-order valence-electron chi connectivity index (χ0n) is 13.7. The summed E-state index contributed by atoms with van der Waals surface area (Å²) in [5.74, 6) is -0.149. The van der Waals surface area contributed by atoms with Gasteiger partial charge in [0.05, 0.1) is 0 Å². The molecule has 1 aromatic carbocycles. The van der Waals surface area contributed by atoms with E-state index in [0.717, 1.165) is 30.2 Å². The number of pyridine rings is 1. The molecule has 0 bridgehead atoms. The molecule has 25 heavy (non-hydrogen) atoms. The van der Waals surface area contributed by atoms with Gasteiger partial charge in [-0.3, -0.25) is 9.78 Å². The van der Waals surface area contributed by atoms with E-state index >= 15 is 0 Å². The van der Waals surface area contributed by atoms with Crippen LogP contribution in [0.3, 0.4) is 0 Å². The highest BCUT2D eigenvalue weighted by Gasteiger charge is 2.20. The Kier molecular flexibility index (Phi) is 4.43. The van der Waals surface area contributed by atoms with Crippen molar-refractivity contribution < 1.29 is 4.79 Å². The molecule has 0 fully saturated rings. The number of carbonyl (C=O) groups excluding carboxylic acids is 1. The number of anilines is 1. The fraction of sp³-hybridized carbons (Fsp3) is 0.211. The standard InChI is InChI=1S/C19H18N4OS/c24-18(21-11-14-4-3-8-20-10-14)17-13-25-19(22-17)23-9-7-15-5-1-2-6-16(15)12-23/h1-6,8,10,13H,7,9,11-12H2,(H,21,24). The van der Waals surface area contributed by atoms with Crippen molar-refractivity contribution in [3.63, 3.8) is 0 Å². The first-order valence-corrected chi connectivity index (χ1v) is 9.12. The number of nitrogens with one attached hydrogen (secondary N) is 1. The number of nitrogens with zero attached hydrogens (tertiary/aromatic N) is 3. The van der Waals surface area contributed by atoms with Gasteiger partial charge < -0.3 is 10.2 Å². The Hall–Kier alpha value is -2.73. The van der Waals surface area contributed by atoms with Crippen molar-refractivity contribution in [2.24, 2.45) is 0 Å². The van der Waals surface area contributed by atoms with Crippen LogP contribution in [0.25, 0.3) is 0 Å². The minimum atomic E-state index is -0.149. The van der Waals surface area contributed by atoms with Crippen LogP contribution in [0.15, 0.2) is 54.2 Å². The molecule has 3 heterocycles. The number of hydrogen-bond donors (Lipinski definition) is 1. The highest BCUT2D eigenvalue weighted by molar-refractivity contribution is 7.13. The van der Waals surface area contributed by atoms with Crippen molar-refractivity contribution in [2.45, 2.75) is 19.5 Å². The Bertz CT molecular complexity index is 878. The molecule has 0 unspecified atom stereocenters. The first-order valence-electron chi connectivity index (χ1n) is 8.24. The van der Waals surface area contributed by atoms with Gasteiger partial charge in [0.1, 0.15) is 5.69 Å². The number of benzene rings is 1. The van der Waals surface area contributed by atoms with Gasteiger partial charge in [-0.05, 0) is 29.2 Å². The highest BCUT2D eigenvalue weighted by Crippen LogP contribution is 2.27. The van der Waals surface area contributed by atoms with Crippen LogP contribution in [0.1, 0.15) is 27.2 Å². The van der Waals surface area contributed by atoms with E-state index in [4.69, 9.17) is 0 Å². The first kappa shape index (κ1) is 15.8. The lowest BCUT2D eigenvalue weighted by molar-refractivity contribution is 0.0946. The summed E-state index contributed by atoms with van der Waals surface area (Å²) < 4.78 is 0. The second-order valence-electron chi connectivity index (χ2n) is 6.00. The summed E-state index contributed by atoms with van der Waals surface area (Å²) in [4.78, 5) is 23.1. The molecule has 1 N–H and O–H groups in total. The summed E-state index contributed by atoms with van der Waals surface area (Å²) in [6, 6.07) is 12.3. The van der Waals surface area contributed by atoms with Crippen LogP contribution in [0, 0.1) is 0 Å². The van der Waals surface area contributed by atoms with Gasteiger partial charge >= 0.3 is 0 Å². The fourth-order valence-electron chi connectivity index (χ4n) is 2.95. The van der Waals surface area contributed by atoms with E-state index in [1.807, 2.05) is 17.5 Å². The van der Waals surface area contributed by atoms with Gasteiger partial charge in [0, 0.05) is 37.4 Å². The minimum absolute atomic E-state index is 0.149. The van der Waals surface area contributed by atoms with E-state index in [-0.39, 0.29) is 5.91 Å². The maximum Gasteiger partial charge on any atom is 0.271 e. The highest BCUT2D eigenvalue weighted by atomic mass is 32.1. The number of thiazole rings is 1. The molecule has 0 aliphatic carbocycles. The maximum atomic E-state index is 12.3. The van der Waals surface area contributed by atoms with Gasteiger partial charge in [-0.1, -0.05) is 30.3 Å². The SMILES string of the molecule is O=C(NCc1cccnc1)c1csc(N2CCc3ccccc3C2)n1. The molecule has 126 valence electrons. The number of hydrogen-bond acceptors (Lipinski definition) is 5. The molecule has 3 aromatic rings. The third kappa shape index (κ3) is 3.53. The van der Waals surface area contributed by atoms with E-state index in [1.54, 1.807) is 12.4 Å². The van der Waals surface area contributed by atoms with E-state index in [2.05, 4.69) is 44.5 Å². The second-order valence-corrected chi connectivity index (χ2v) is 6.84. The van der Waals surface area contributed by atoms with E-state index in [1.165, 1.54) is 22.5 Å². The fourth-order valence-corrected chi connectivity index (χ4v) is 3.78. The lowest BCUT2D eigenvalue weighted by atomic mass is 10.0. The van der Waals surface area contributed by atoms with Crippen molar-refractivity contribution in [2.75, 3.05) is 11.4 Å². The molecule has 0 radical (unpaired) electrons. The number of amides is 1. The van der Waals surface area contributed by atoms with Crippen molar-refractivity contribution in [1.29, 1.82) is 0 Å². The molecule has 1 aliphatic rings. The molecule has 1 aliphatic heterocycles. The quantitative estimate of drug-likeness (QED) is 0.786. The van der Waals surface area contributed by atoms with Gasteiger partial charge in [0.2, 0.25) is 0 Å². The van der Waals surface area contributed by atoms with E-state index < -0.39 is 0 Å². The van der Waals surface area contributed by atoms with Gasteiger partial charge in [0.25, 0.3) is 5.91 Å². The van der Waals surface area contributed by atoms with E-state index in [9.17, 15) is 4.79 Å². The van der Waals surface area contributed by atoms with Gasteiger partial charge in [-0.2, -0.15) is 0 Å². The molecular formula is C19H18N4OS. The predicted molar refractivity (Wildman–Crippen MR) is 98.7 cm³/mol. The van der Waals surface area contributed by atoms with Crippen LogP contribution < -0.4 is 10.2 Å². The number of aromatic nitrogens is 2. The molecular weight excluding hydrogens is 332 g/mol. The summed E-state index contributed by atoms with van der Waals surface area (Å²) in [5.41, 5.74) is 4.19. The molecule has 6 heteroatoms. The molecule has 0 saturated carbocycles. The summed E-state index contributed by atoms with van der Waals surface area (Å²) in [6.45, 7) is 2.23. The van der Waals surface area contributed by atoms with Crippen LogP contribution in [-0.2, 0) is 19.5 Å². The second kappa shape index (κ2) is 7.03. The Morgan fingerprint density at radius 2 is 2.08 bits per heavy atom. The molecule has 0 atom stereocenters. The van der Waals surface area contributed by atoms with Crippen molar-refractivity contribution in [1.82, 2.24) is 15.3 Å². The van der Waals surface area contributed by atoms with E-state index in [0.29, 0.717) is 12.2 Å². The average Bonchev–Trinajstić information content (AvgIpc) is 3.17. The first-order chi connectivity index (χ1) is 12.3. The number of fused-ring (bicyclic) bond motifs is 1. The molecule has 0 saturated heterocycles. The van der Waals surface area contributed by atoms with Crippen molar-refractivity contribution >= 4 is 22.4 Å². The van der Waals surface area contributed by atoms with Crippen LogP contribution >= 0.6 is 11.3 Å². The summed E-state index contributed by atoms with van der Waals surface area (Å²) in [7, 11) is 0. The van der Waals surface area contributed by atoms with Crippen molar-refractivity contribution in [3.05, 3.63) is 76.6 Å². The monoisotopic (exact) mass is 350 g/mol. The normalized spacial score (nSPS) is 13.4. The van der Waals surface area contributed by atoms with Gasteiger partial charge in [-0.25, -0.2) is 4.98 Å². The molecule has 0 spiro atoms. The van der Waals surface area contributed by atoms with Crippen LogP contribution in [0.5, 0.6) is 0 Å². The van der Waals surface area contributed by atoms with Crippen LogP contribution in [0.2, 0.25) is 0 Å².